The lowest BCUT2D eigenvalue weighted by Gasteiger charge is -2.09. The molecule has 0 spiro atoms. The van der Waals surface area contributed by atoms with Crippen molar-refractivity contribution >= 4 is 5.57 Å². The molecule has 0 saturated heterocycles. The average molecular weight is 286 g/mol. The van der Waals surface area contributed by atoms with E-state index in [-0.39, 0.29) is 12.4 Å². The number of rotatable bonds is 10. The van der Waals surface area contributed by atoms with Crippen molar-refractivity contribution in [3.8, 4) is 5.75 Å². The number of allylic oxidation sites excluding steroid dienone is 1. The number of hydrogen-bond donors (Lipinski definition) is 0. The van der Waals surface area contributed by atoms with Gasteiger partial charge in [-0.25, -0.2) is 8.78 Å². The lowest BCUT2D eigenvalue weighted by molar-refractivity contribution is 0.0325. The lowest BCUT2D eigenvalue weighted by atomic mass is 10.1. The summed E-state index contributed by atoms with van der Waals surface area (Å²) < 4.78 is 40.6. The van der Waals surface area contributed by atoms with Crippen LogP contribution in [0.2, 0.25) is 0 Å². The van der Waals surface area contributed by atoms with E-state index in [1.807, 2.05) is 0 Å². The van der Waals surface area contributed by atoms with Gasteiger partial charge in [0.15, 0.2) is 0 Å². The molecule has 0 bridgehead atoms. The second-order valence-corrected chi connectivity index (χ2v) is 4.22. The highest BCUT2D eigenvalue weighted by molar-refractivity contribution is 5.62. The Hall–Kier alpha value is -1.46. The molecule has 20 heavy (non-hydrogen) atoms. The molecule has 0 aliphatic carbocycles. The van der Waals surface area contributed by atoms with Crippen molar-refractivity contribution in [3.63, 3.8) is 0 Å². The van der Waals surface area contributed by atoms with Crippen LogP contribution in [0.5, 0.6) is 5.75 Å². The minimum atomic E-state index is -0.492. The molecule has 1 aromatic rings. The maximum atomic E-state index is 13.3. The molecule has 5 heteroatoms. The smallest absolute Gasteiger partial charge is 0.127 e. The molecule has 1 aromatic carbocycles. The van der Waals surface area contributed by atoms with Crippen LogP contribution in [0.1, 0.15) is 12.5 Å². The summed E-state index contributed by atoms with van der Waals surface area (Å²) in [6.45, 7) is 6.56. The molecule has 1 rings (SSSR count). The maximum Gasteiger partial charge on any atom is 0.127 e. The van der Waals surface area contributed by atoms with E-state index in [1.165, 1.54) is 12.1 Å². The zero-order valence-electron chi connectivity index (χ0n) is 11.7. The molecule has 0 atom stereocenters. The first-order valence-corrected chi connectivity index (χ1v) is 6.44. The quantitative estimate of drug-likeness (QED) is 0.618. The Balaban J connectivity index is 2.23. The van der Waals surface area contributed by atoms with Gasteiger partial charge in [0.2, 0.25) is 0 Å². The molecular formula is C15H20F2O3. The van der Waals surface area contributed by atoms with E-state index >= 15 is 0 Å². The zero-order chi connectivity index (χ0) is 14.8. The predicted octanol–water partition coefficient (Wildman–Crippen LogP) is 3.24. The number of ether oxygens (including phenoxy) is 3. The van der Waals surface area contributed by atoms with Crippen LogP contribution < -0.4 is 4.74 Å². The van der Waals surface area contributed by atoms with Crippen molar-refractivity contribution in [1.82, 2.24) is 0 Å². The van der Waals surface area contributed by atoms with Crippen molar-refractivity contribution in [2.24, 2.45) is 0 Å². The first-order valence-electron chi connectivity index (χ1n) is 6.44. The molecule has 3 nitrogen and oxygen atoms in total. The maximum absolute atomic E-state index is 13.3. The van der Waals surface area contributed by atoms with E-state index in [0.29, 0.717) is 37.7 Å². The van der Waals surface area contributed by atoms with Crippen LogP contribution >= 0.6 is 0 Å². The Morgan fingerprint density at radius 1 is 1.05 bits per heavy atom. The molecule has 0 amide bonds. The fraction of sp³-hybridized carbons (Fsp3) is 0.467. The third kappa shape index (κ3) is 6.63. The van der Waals surface area contributed by atoms with Gasteiger partial charge in [-0.15, -0.1) is 0 Å². The first kappa shape index (κ1) is 16.6. The van der Waals surface area contributed by atoms with E-state index in [1.54, 1.807) is 13.0 Å². The molecule has 0 aliphatic heterocycles. The fourth-order valence-corrected chi connectivity index (χ4v) is 1.49. The van der Waals surface area contributed by atoms with Crippen LogP contribution in [0.3, 0.4) is 0 Å². The van der Waals surface area contributed by atoms with Gasteiger partial charge >= 0.3 is 0 Å². The van der Waals surface area contributed by atoms with Crippen LogP contribution in [-0.4, -0.2) is 39.7 Å². The van der Waals surface area contributed by atoms with Gasteiger partial charge in [0, 0.05) is 6.07 Å². The predicted molar refractivity (Wildman–Crippen MR) is 74.2 cm³/mol. The molecule has 0 radical (unpaired) electrons. The number of alkyl halides is 1. The van der Waals surface area contributed by atoms with E-state index < -0.39 is 6.67 Å². The highest BCUT2D eigenvalue weighted by Gasteiger charge is 2.02. The monoisotopic (exact) mass is 286 g/mol. The highest BCUT2D eigenvalue weighted by Crippen LogP contribution is 2.21. The van der Waals surface area contributed by atoms with Gasteiger partial charge in [0.1, 0.15) is 24.8 Å². The molecule has 0 aliphatic rings. The molecule has 112 valence electrons. The van der Waals surface area contributed by atoms with Gasteiger partial charge in [-0.1, -0.05) is 12.2 Å². The Labute approximate surface area is 118 Å². The van der Waals surface area contributed by atoms with Crippen LogP contribution in [0, 0.1) is 5.82 Å². The lowest BCUT2D eigenvalue weighted by Crippen LogP contribution is -2.11. The average Bonchev–Trinajstić information content (AvgIpc) is 2.41. The van der Waals surface area contributed by atoms with E-state index in [9.17, 15) is 8.78 Å². The van der Waals surface area contributed by atoms with Crippen molar-refractivity contribution in [1.29, 1.82) is 0 Å². The number of benzene rings is 1. The Morgan fingerprint density at radius 3 is 2.35 bits per heavy atom. The largest absolute Gasteiger partial charge is 0.491 e. The second-order valence-electron chi connectivity index (χ2n) is 4.22. The van der Waals surface area contributed by atoms with Crippen LogP contribution in [-0.2, 0) is 9.47 Å². The minimum absolute atomic E-state index is 0.0901. The van der Waals surface area contributed by atoms with Gasteiger partial charge in [0.05, 0.1) is 26.4 Å². The summed E-state index contributed by atoms with van der Waals surface area (Å²) in [6.07, 6.45) is 0. The summed E-state index contributed by atoms with van der Waals surface area (Å²) in [6, 6.07) is 4.46. The molecule has 0 saturated carbocycles. The van der Waals surface area contributed by atoms with Gasteiger partial charge < -0.3 is 14.2 Å². The second kappa shape index (κ2) is 9.44. The van der Waals surface area contributed by atoms with Crippen molar-refractivity contribution < 1.29 is 23.0 Å². The summed E-state index contributed by atoms with van der Waals surface area (Å²) in [7, 11) is 0. The van der Waals surface area contributed by atoms with Crippen LogP contribution in [0.25, 0.3) is 5.57 Å². The topological polar surface area (TPSA) is 27.7 Å². The Kier molecular flexibility index (Phi) is 7.84. The summed E-state index contributed by atoms with van der Waals surface area (Å²) >= 11 is 0. The zero-order valence-corrected chi connectivity index (χ0v) is 11.7. The number of hydrogen-bond acceptors (Lipinski definition) is 3. The minimum Gasteiger partial charge on any atom is -0.491 e. The van der Waals surface area contributed by atoms with Gasteiger partial charge in [-0.05, 0) is 24.6 Å². The fourth-order valence-electron chi connectivity index (χ4n) is 1.49. The normalized spacial score (nSPS) is 10.6. The van der Waals surface area contributed by atoms with E-state index in [2.05, 4.69) is 6.58 Å². The standard InChI is InChI=1S/C15H20F2O3/c1-12(2)13-9-14(17)11-15(10-13)20-8-7-19-6-5-18-4-3-16/h9-11H,1,3-8H2,2H3. The van der Waals surface area contributed by atoms with Crippen molar-refractivity contribution in [2.75, 3.05) is 39.7 Å². The van der Waals surface area contributed by atoms with Crippen LogP contribution in [0.4, 0.5) is 8.78 Å². The highest BCUT2D eigenvalue weighted by atomic mass is 19.1. The molecule has 0 fully saturated rings. The van der Waals surface area contributed by atoms with Crippen molar-refractivity contribution in [2.45, 2.75) is 6.92 Å². The van der Waals surface area contributed by atoms with Crippen LogP contribution in [0.15, 0.2) is 24.8 Å². The molecule has 0 N–H and O–H groups in total. The van der Waals surface area contributed by atoms with Crippen molar-refractivity contribution in [3.05, 3.63) is 36.2 Å². The summed E-state index contributed by atoms with van der Waals surface area (Å²) in [5.41, 5.74) is 1.48. The number of halogens is 2. The Bertz CT molecular complexity index is 422. The van der Waals surface area contributed by atoms with E-state index in [0.717, 1.165) is 5.57 Å². The first-order chi connectivity index (χ1) is 9.63. The van der Waals surface area contributed by atoms with Gasteiger partial charge in [0.25, 0.3) is 0 Å². The molecule has 0 heterocycles. The molecule has 0 unspecified atom stereocenters. The van der Waals surface area contributed by atoms with Gasteiger partial charge in [-0.3, -0.25) is 0 Å². The summed E-state index contributed by atoms with van der Waals surface area (Å²) in [5.74, 6) is 0.0846. The SMILES string of the molecule is C=C(C)c1cc(F)cc(OCCOCCOCCF)c1. The Morgan fingerprint density at radius 2 is 1.70 bits per heavy atom. The van der Waals surface area contributed by atoms with Gasteiger partial charge in [-0.2, -0.15) is 0 Å². The molecular weight excluding hydrogens is 266 g/mol. The summed E-state index contributed by atoms with van der Waals surface area (Å²) in [5, 5.41) is 0. The third-order valence-electron chi connectivity index (χ3n) is 2.45. The molecule has 0 aromatic heterocycles. The third-order valence-corrected chi connectivity index (χ3v) is 2.45. The van der Waals surface area contributed by atoms with E-state index in [4.69, 9.17) is 14.2 Å². The summed E-state index contributed by atoms with van der Waals surface area (Å²) in [4.78, 5) is 0.